The van der Waals surface area contributed by atoms with Gasteiger partial charge in [-0.05, 0) is 48.4 Å². The summed E-state index contributed by atoms with van der Waals surface area (Å²) >= 11 is 0. The zero-order valence-corrected chi connectivity index (χ0v) is 14.5. The fraction of sp³-hybridized carbons (Fsp3) is 0.529. The van der Waals surface area contributed by atoms with Gasteiger partial charge in [-0.15, -0.1) is 0 Å². The summed E-state index contributed by atoms with van der Waals surface area (Å²) in [5, 5.41) is 8.88. The van der Waals surface area contributed by atoms with Gasteiger partial charge in [0, 0.05) is 12.1 Å². The monoisotopic (exact) mass is 351 g/mol. The van der Waals surface area contributed by atoms with Gasteiger partial charge in [0.15, 0.2) is 0 Å². The molecule has 2 N–H and O–H groups in total. The van der Waals surface area contributed by atoms with Crippen molar-refractivity contribution in [3.8, 4) is 0 Å². The standard InChI is InChI=1S/C17H21NO5S/c1-16(2)12-7-8-17(16,14(19)9-12)10-24(22,23)18-13-5-3-11(4-6-13)15(20)21/h3-6,12,18H,7-10H2,1-2H3,(H,20,21)/t12-,17+/m0/s1. The first kappa shape index (κ1) is 17.0. The molecule has 0 aromatic heterocycles. The summed E-state index contributed by atoms with van der Waals surface area (Å²) in [6.07, 6.45) is 1.97. The number of rotatable bonds is 5. The van der Waals surface area contributed by atoms with Gasteiger partial charge in [-0.1, -0.05) is 13.8 Å². The number of sulfonamides is 1. The topological polar surface area (TPSA) is 101 Å². The number of fused-ring (bicyclic) bond motifs is 2. The molecule has 130 valence electrons. The molecule has 2 fully saturated rings. The number of hydrogen-bond acceptors (Lipinski definition) is 4. The van der Waals surface area contributed by atoms with Crippen LogP contribution in [0.2, 0.25) is 0 Å². The lowest BCUT2D eigenvalue weighted by atomic mass is 9.70. The minimum Gasteiger partial charge on any atom is -0.478 e. The van der Waals surface area contributed by atoms with E-state index >= 15 is 0 Å². The number of aromatic carboxylic acids is 1. The summed E-state index contributed by atoms with van der Waals surface area (Å²) in [5.41, 5.74) is -0.743. The van der Waals surface area contributed by atoms with Crippen LogP contribution in [0.1, 0.15) is 43.5 Å². The van der Waals surface area contributed by atoms with Crippen molar-refractivity contribution in [2.24, 2.45) is 16.7 Å². The van der Waals surface area contributed by atoms with Crippen molar-refractivity contribution in [3.05, 3.63) is 29.8 Å². The van der Waals surface area contributed by atoms with Gasteiger partial charge in [-0.25, -0.2) is 13.2 Å². The second-order valence-corrected chi connectivity index (χ2v) is 9.13. The Balaban J connectivity index is 1.81. The number of benzene rings is 1. The molecular formula is C17H21NO5S. The summed E-state index contributed by atoms with van der Waals surface area (Å²) < 4.78 is 27.7. The van der Waals surface area contributed by atoms with Crippen molar-refractivity contribution >= 4 is 27.5 Å². The Kier molecular flexibility index (Phi) is 3.75. The lowest BCUT2D eigenvalue weighted by molar-refractivity contribution is -0.128. The first-order valence-corrected chi connectivity index (χ1v) is 9.60. The van der Waals surface area contributed by atoms with Gasteiger partial charge in [0.2, 0.25) is 10.0 Å². The molecule has 2 saturated carbocycles. The van der Waals surface area contributed by atoms with Crippen molar-refractivity contribution in [2.45, 2.75) is 33.1 Å². The predicted octanol–water partition coefficient (Wildman–Crippen LogP) is 2.52. The molecule has 2 bridgehead atoms. The normalized spacial score (nSPS) is 28.1. The van der Waals surface area contributed by atoms with Crippen LogP contribution in [0.4, 0.5) is 5.69 Å². The van der Waals surface area contributed by atoms with Crippen LogP contribution in [0, 0.1) is 16.7 Å². The van der Waals surface area contributed by atoms with Gasteiger partial charge in [-0.2, -0.15) is 0 Å². The molecule has 0 saturated heterocycles. The molecule has 2 atom stereocenters. The molecule has 0 aliphatic heterocycles. The maximum absolute atomic E-state index is 12.6. The number of Topliss-reactive ketones (excluding diaryl/α,β-unsaturated/α-hetero) is 1. The largest absolute Gasteiger partial charge is 0.478 e. The van der Waals surface area contributed by atoms with E-state index < -0.39 is 21.4 Å². The van der Waals surface area contributed by atoms with E-state index in [4.69, 9.17) is 5.11 Å². The highest BCUT2D eigenvalue weighted by atomic mass is 32.2. The third-order valence-corrected chi connectivity index (χ3v) is 7.40. The van der Waals surface area contributed by atoms with Crippen molar-refractivity contribution in [1.82, 2.24) is 0 Å². The second kappa shape index (κ2) is 5.31. The molecule has 0 amide bonds. The van der Waals surface area contributed by atoms with Crippen molar-refractivity contribution in [1.29, 1.82) is 0 Å². The Labute approximate surface area is 141 Å². The number of carboxylic acids is 1. The first-order valence-electron chi connectivity index (χ1n) is 7.95. The number of carboxylic acid groups (broad SMARTS) is 1. The average molecular weight is 351 g/mol. The predicted molar refractivity (Wildman–Crippen MR) is 89.4 cm³/mol. The summed E-state index contributed by atoms with van der Waals surface area (Å²) in [6, 6.07) is 5.51. The highest BCUT2D eigenvalue weighted by molar-refractivity contribution is 7.92. The van der Waals surface area contributed by atoms with Crippen molar-refractivity contribution < 1.29 is 23.1 Å². The van der Waals surface area contributed by atoms with Gasteiger partial charge in [0.25, 0.3) is 0 Å². The third-order valence-electron chi connectivity index (χ3n) is 5.98. The van der Waals surface area contributed by atoms with Crippen LogP contribution < -0.4 is 4.72 Å². The summed E-state index contributed by atoms with van der Waals surface area (Å²) in [7, 11) is -3.72. The van der Waals surface area contributed by atoms with Gasteiger partial charge < -0.3 is 5.11 Å². The minimum absolute atomic E-state index is 0.0513. The molecule has 0 radical (unpaired) electrons. The molecule has 1 aromatic carbocycles. The van der Waals surface area contributed by atoms with Crippen LogP contribution in [0.15, 0.2) is 24.3 Å². The molecule has 0 spiro atoms. The van der Waals surface area contributed by atoms with Crippen LogP contribution in [-0.4, -0.2) is 31.0 Å². The molecule has 3 rings (SSSR count). The maximum Gasteiger partial charge on any atom is 0.335 e. The molecule has 2 aliphatic carbocycles. The van der Waals surface area contributed by atoms with Crippen LogP contribution in [0.25, 0.3) is 0 Å². The van der Waals surface area contributed by atoms with E-state index in [0.29, 0.717) is 18.5 Å². The van der Waals surface area contributed by atoms with Crippen LogP contribution >= 0.6 is 0 Å². The Hall–Kier alpha value is -1.89. The van der Waals surface area contributed by atoms with Crippen molar-refractivity contribution in [3.63, 3.8) is 0 Å². The van der Waals surface area contributed by atoms with Gasteiger partial charge >= 0.3 is 5.97 Å². The lowest BCUT2D eigenvalue weighted by Crippen LogP contribution is -2.43. The molecular weight excluding hydrogens is 330 g/mol. The van der Waals surface area contributed by atoms with Crippen LogP contribution in [0.5, 0.6) is 0 Å². The molecule has 24 heavy (non-hydrogen) atoms. The van der Waals surface area contributed by atoms with Gasteiger partial charge in [-0.3, -0.25) is 9.52 Å². The fourth-order valence-electron chi connectivity index (χ4n) is 4.33. The maximum atomic E-state index is 12.6. The van der Waals surface area contributed by atoms with Crippen molar-refractivity contribution in [2.75, 3.05) is 10.5 Å². The summed E-state index contributed by atoms with van der Waals surface area (Å²) in [5.74, 6) is -0.979. The average Bonchev–Trinajstić information content (AvgIpc) is 2.81. The Morgan fingerprint density at radius 1 is 1.29 bits per heavy atom. The Morgan fingerprint density at radius 2 is 1.92 bits per heavy atom. The number of carbonyl (C=O) groups excluding carboxylic acids is 1. The van der Waals surface area contributed by atoms with E-state index in [1.54, 1.807) is 0 Å². The Morgan fingerprint density at radius 3 is 2.38 bits per heavy atom. The van der Waals surface area contributed by atoms with Crippen LogP contribution in [0.3, 0.4) is 0 Å². The van der Waals surface area contributed by atoms with E-state index in [1.807, 2.05) is 13.8 Å². The molecule has 6 nitrogen and oxygen atoms in total. The summed E-state index contributed by atoms with van der Waals surface area (Å²) in [4.78, 5) is 23.3. The van der Waals surface area contributed by atoms with E-state index in [1.165, 1.54) is 24.3 Å². The van der Waals surface area contributed by atoms with E-state index in [0.717, 1.165) is 6.42 Å². The quantitative estimate of drug-likeness (QED) is 0.849. The smallest absolute Gasteiger partial charge is 0.335 e. The third kappa shape index (κ3) is 2.51. The zero-order chi connectivity index (χ0) is 17.8. The van der Waals surface area contributed by atoms with E-state index in [9.17, 15) is 18.0 Å². The number of hydrogen-bond donors (Lipinski definition) is 2. The molecule has 0 heterocycles. The number of carbonyl (C=O) groups is 2. The number of anilines is 1. The van der Waals surface area contributed by atoms with E-state index in [-0.39, 0.29) is 28.4 Å². The Bertz CT molecular complexity index is 797. The minimum atomic E-state index is -3.72. The second-order valence-electron chi connectivity index (χ2n) is 7.41. The molecule has 2 aliphatic rings. The fourth-order valence-corrected chi connectivity index (χ4v) is 6.22. The highest BCUT2D eigenvalue weighted by Crippen LogP contribution is 2.64. The zero-order valence-electron chi connectivity index (χ0n) is 13.7. The summed E-state index contributed by atoms with van der Waals surface area (Å²) in [6.45, 7) is 3.99. The molecule has 7 heteroatoms. The van der Waals surface area contributed by atoms with Gasteiger partial charge in [0.05, 0.1) is 16.7 Å². The van der Waals surface area contributed by atoms with Gasteiger partial charge in [0.1, 0.15) is 5.78 Å². The number of nitrogens with one attached hydrogen (secondary N) is 1. The van der Waals surface area contributed by atoms with Crippen LogP contribution in [-0.2, 0) is 14.8 Å². The molecule has 1 aromatic rings. The number of ketones is 1. The van der Waals surface area contributed by atoms with E-state index in [2.05, 4.69) is 4.72 Å². The highest BCUT2D eigenvalue weighted by Gasteiger charge is 2.65. The first-order chi connectivity index (χ1) is 11.1. The molecule has 0 unspecified atom stereocenters. The SMILES string of the molecule is CC1(C)[C@H]2CC[C@@]1(CS(=O)(=O)Nc1ccc(C(=O)O)cc1)C(=O)C2. The lowest BCUT2D eigenvalue weighted by Gasteiger charge is -2.36.